The lowest BCUT2D eigenvalue weighted by Gasteiger charge is -2.14. The summed E-state index contributed by atoms with van der Waals surface area (Å²) >= 11 is 0. The number of aryl methyl sites for hydroxylation is 2. The minimum absolute atomic E-state index is 0.0859. The summed E-state index contributed by atoms with van der Waals surface area (Å²) in [6, 6.07) is 12.9. The molecule has 0 fully saturated rings. The predicted molar refractivity (Wildman–Crippen MR) is 104 cm³/mol. The second-order valence-electron chi connectivity index (χ2n) is 7.15. The predicted octanol–water partition coefficient (Wildman–Crippen LogP) is 4.49. The van der Waals surface area contributed by atoms with Gasteiger partial charge in [-0.05, 0) is 49.1 Å². The maximum atomic E-state index is 12.9. The molecule has 0 unspecified atom stereocenters. The molecule has 0 N–H and O–H groups in total. The zero-order valence-electron chi connectivity index (χ0n) is 15.6. The van der Waals surface area contributed by atoms with Crippen molar-refractivity contribution in [1.82, 2.24) is 4.57 Å². The van der Waals surface area contributed by atoms with Crippen molar-refractivity contribution in [1.29, 1.82) is 0 Å². The molecule has 0 radical (unpaired) electrons. The van der Waals surface area contributed by atoms with E-state index >= 15 is 0 Å². The smallest absolute Gasteiger partial charge is 0.345 e. The van der Waals surface area contributed by atoms with Crippen LogP contribution in [-0.4, -0.2) is 10.5 Å². The van der Waals surface area contributed by atoms with E-state index in [9.17, 15) is 9.59 Å². The lowest BCUT2D eigenvalue weighted by molar-refractivity contribution is 0.0735. The zero-order valence-corrected chi connectivity index (χ0v) is 15.6. The van der Waals surface area contributed by atoms with Crippen LogP contribution >= 0.6 is 0 Å². The highest BCUT2D eigenvalue weighted by molar-refractivity contribution is 6.04. The number of carbonyl (C=O) groups excluding carboxylic acids is 1. The molecule has 0 amide bonds. The molecule has 3 aromatic rings. The molecule has 0 aliphatic carbocycles. The van der Waals surface area contributed by atoms with Crippen molar-refractivity contribution >= 4 is 16.7 Å². The average Bonchev–Trinajstić information content (AvgIpc) is 2.56. The summed E-state index contributed by atoms with van der Waals surface area (Å²) in [6.07, 6.45) is 1.62. The monoisotopic (exact) mass is 349 g/mol. The van der Waals surface area contributed by atoms with Gasteiger partial charge < -0.3 is 9.30 Å². The Kier molecular flexibility index (Phi) is 4.94. The van der Waals surface area contributed by atoms with Crippen LogP contribution in [0, 0.1) is 19.8 Å². The molecular weight excluding hydrogens is 326 g/mol. The summed E-state index contributed by atoms with van der Waals surface area (Å²) in [7, 11) is 0. The van der Waals surface area contributed by atoms with Gasteiger partial charge in [-0.15, -0.1) is 0 Å². The number of fused-ring (bicyclic) bond motifs is 1. The average molecular weight is 349 g/mol. The van der Waals surface area contributed by atoms with Gasteiger partial charge in [-0.25, -0.2) is 4.79 Å². The van der Waals surface area contributed by atoms with Crippen LogP contribution in [0.3, 0.4) is 0 Å². The van der Waals surface area contributed by atoms with Crippen LogP contribution in [0.15, 0.2) is 53.5 Å². The lowest BCUT2D eigenvalue weighted by Crippen LogP contribution is -2.25. The molecule has 0 aliphatic rings. The molecule has 1 heterocycles. The van der Waals surface area contributed by atoms with Crippen molar-refractivity contribution in [3.8, 4) is 5.75 Å². The van der Waals surface area contributed by atoms with E-state index in [0.717, 1.165) is 11.1 Å². The van der Waals surface area contributed by atoms with Crippen LogP contribution in [-0.2, 0) is 6.54 Å². The fourth-order valence-corrected chi connectivity index (χ4v) is 3.19. The number of carbonyl (C=O) groups is 1. The third-order valence-corrected chi connectivity index (χ3v) is 4.18. The van der Waals surface area contributed by atoms with Gasteiger partial charge in [0.25, 0.3) is 5.56 Å². The maximum Gasteiger partial charge on any atom is 0.345 e. The SMILES string of the molecule is Cc1cc(C)cc(OC(=O)c2cn(CC(C)C)c(=O)c3ccccc23)c1. The van der Waals surface area contributed by atoms with Gasteiger partial charge in [0.15, 0.2) is 0 Å². The molecule has 1 aromatic heterocycles. The zero-order chi connectivity index (χ0) is 18.8. The highest BCUT2D eigenvalue weighted by atomic mass is 16.5. The van der Waals surface area contributed by atoms with Crippen molar-refractivity contribution in [3.63, 3.8) is 0 Å². The van der Waals surface area contributed by atoms with E-state index in [-0.39, 0.29) is 11.5 Å². The minimum atomic E-state index is -0.455. The van der Waals surface area contributed by atoms with E-state index in [1.165, 1.54) is 0 Å². The van der Waals surface area contributed by atoms with E-state index in [0.29, 0.717) is 28.6 Å². The van der Waals surface area contributed by atoms with E-state index in [1.807, 2.05) is 58.0 Å². The first-order chi connectivity index (χ1) is 12.3. The summed E-state index contributed by atoms with van der Waals surface area (Å²) in [6.45, 7) is 8.54. The van der Waals surface area contributed by atoms with E-state index in [2.05, 4.69) is 0 Å². The number of aromatic nitrogens is 1. The normalized spacial score (nSPS) is 11.1. The third kappa shape index (κ3) is 3.69. The van der Waals surface area contributed by atoms with Crippen LogP contribution in [0.5, 0.6) is 5.75 Å². The highest BCUT2D eigenvalue weighted by Crippen LogP contribution is 2.21. The van der Waals surface area contributed by atoms with Crippen LogP contribution < -0.4 is 10.3 Å². The fraction of sp³-hybridized carbons (Fsp3) is 0.273. The lowest BCUT2D eigenvalue weighted by atomic mass is 10.1. The summed E-state index contributed by atoms with van der Waals surface area (Å²) in [5.74, 6) is 0.346. The number of rotatable bonds is 4. The first-order valence-electron chi connectivity index (χ1n) is 8.78. The fourth-order valence-electron chi connectivity index (χ4n) is 3.19. The Morgan fingerprint density at radius 1 is 1.04 bits per heavy atom. The summed E-state index contributed by atoms with van der Waals surface area (Å²) in [4.78, 5) is 25.6. The Morgan fingerprint density at radius 3 is 2.27 bits per heavy atom. The first kappa shape index (κ1) is 17.9. The Bertz CT molecular complexity index is 1010. The van der Waals surface area contributed by atoms with Crippen molar-refractivity contribution in [2.24, 2.45) is 5.92 Å². The molecular formula is C22H23NO3. The highest BCUT2D eigenvalue weighted by Gasteiger charge is 2.17. The Morgan fingerprint density at radius 2 is 1.65 bits per heavy atom. The second kappa shape index (κ2) is 7.16. The van der Waals surface area contributed by atoms with Gasteiger partial charge >= 0.3 is 5.97 Å². The minimum Gasteiger partial charge on any atom is -0.423 e. The maximum absolute atomic E-state index is 12.9. The van der Waals surface area contributed by atoms with Gasteiger partial charge in [-0.1, -0.05) is 38.1 Å². The number of hydrogen-bond acceptors (Lipinski definition) is 3. The van der Waals surface area contributed by atoms with Crippen molar-refractivity contribution < 1.29 is 9.53 Å². The van der Waals surface area contributed by atoms with Crippen LogP contribution in [0.2, 0.25) is 0 Å². The Labute approximate surface area is 153 Å². The van der Waals surface area contributed by atoms with Crippen molar-refractivity contribution in [2.75, 3.05) is 0 Å². The number of benzene rings is 2. The Balaban J connectivity index is 2.09. The molecule has 0 spiro atoms. The molecule has 2 aromatic carbocycles. The molecule has 0 saturated carbocycles. The molecule has 4 heteroatoms. The molecule has 134 valence electrons. The topological polar surface area (TPSA) is 48.3 Å². The summed E-state index contributed by atoms with van der Waals surface area (Å²) in [5, 5.41) is 1.15. The quantitative estimate of drug-likeness (QED) is 0.515. The van der Waals surface area contributed by atoms with Gasteiger partial charge in [0, 0.05) is 23.5 Å². The third-order valence-electron chi connectivity index (χ3n) is 4.18. The summed E-state index contributed by atoms with van der Waals surface area (Å²) in [5.41, 5.74) is 2.38. The van der Waals surface area contributed by atoms with Crippen molar-refractivity contribution in [2.45, 2.75) is 34.2 Å². The van der Waals surface area contributed by atoms with Gasteiger partial charge in [-0.3, -0.25) is 4.79 Å². The standard InChI is InChI=1S/C22H23NO3/c1-14(2)12-23-13-20(18-7-5-6-8-19(18)21(23)24)22(25)26-17-10-15(3)9-16(4)11-17/h5-11,13-14H,12H2,1-4H3. The number of hydrogen-bond donors (Lipinski definition) is 0. The Hall–Kier alpha value is -2.88. The van der Waals surface area contributed by atoms with Gasteiger partial charge in [0.2, 0.25) is 0 Å². The number of pyridine rings is 1. The molecule has 3 rings (SSSR count). The van der Waals surface area contributed by atoms with Crippen LogP contribution in [0.1, 0.15) is 35.3 Å². The number of esters is 1. The van der Waals surface area contributed by atoms with Crippen molar-refractivity contribution in [3.05, 3.63) is 75.7 Å². The largest absolute Gasteiger partial charge is 0.423 e. The van der Waals surface area contributed by atoms with Crippen LogP contribution in [0.25, 0.3) is 10.8 Å². The summed E-state index contributed by atoms with van der Waals surface area (Å²) < 4.78 is 7.22. The molecule has 26 heavy (non-hydrogen) atoms. The molecule has 0 atom stereocenters. The molecule has 0 aliphatic heterocycles. The number of ether oxygens (including phenoxy) is 1. The van der Waals surface area contributed by atoms with Crippen LogP contribution in [0.4, 0.5) is 0 Å². The molecule has 4 nitrogen and oxygen atoms in total. The van der Waals surface area contributed by atoms with E-state index in [4.69, 9.17) is 4.74 Å². The second-order valence-corrected chi connectivity index (χ2v) is 7.15. The first-order valence-corrected chi connectivity index (χ1v) is 8.78. The number of nitrogens with zero attached hydrogens (tertiary/aromatic N) is 1. The molecule has 0 bridgehead atoms. The van der Waals surface area contributed by atoms with Gasteiger partial charge in [-0.2, -0.15) is 0 Å². The van der Waals surface area contributed by atoms with E-state index < -0.39 is 5.97 Å². The molecule has 0 saturated heterocycles. The van der Waals surface area contributed by atoms with Gasteiger partial charge in [0.05, 0.1) is 5.56 Å². The van der Waals surface area contributed by atoms with Gasteiger partial charge in [0.1, 0.15) is 5.75 Å². The van der Waals surface area contributed by atoms with E-state index in [1.54, 1.807) is 22.9 Å².